The fourth-order valence-corrected chi connectivity index (χ4v) is 2.22. The van der Waals surface area contributed by atoms with Gasteiger partial charge in [-0.05, 0) is 18.2 Å². The van der Waals surface area contributed by atoms with Gasteiger partial charge >= 0.3 is 0 Å². The van der Waals surface area contributed by atoms with Gasteiger partial charge in [0.2, 0.25) is 5.91 Å². The molecule has 0 bridgehead atoms. The molecular formula is C16H15N3O2. The minimum absolute atomic E-state index is 0.0843. The summed E-state index contributed by atoms with van der Waals surface area (Å²) in [5.74, 6) is 0.636. The molecule has 5 nitrogen and oxygen atoms in total. The van der Waals surface area contributed by atoms with Crippen molar-refractivity contribution in [1.82, 2.24) is 9.38 Å². The number of rotatable bonds is 4. The van der Waals surface area contributed by atoms with Gasteiger partial charge in [-0.25, -0.2) is 4.98 Å². The number of fused-ring (bicyclic) bond motifs is 1. The number of pyridine rings is 1. The number of anilines is 1. The highest BCUT2D eigenvalue weighted by Gasteiger charge is 2.08. The van der Waals surface area contributed by atoms with E-state index in [0.717, 1.165) is 22.6 Å². The van der Waals surface area contributed by atoms with Crippen LogP contribution in [0.5, 0.6) is 5.75 Å². The van der Waals surface area contributed by atoms with E-state index >= 15 is 0 Å². The number of hydrogen-bond acceptors (Lipinski definition) is 3. The van der Waals surface area contributed by atoms with Crippen molar-refractivity contribution in [2.75, 3.05) is 12.4 Å². The zero-order valence-corrected chi connectivity index (χ0v) is 11.6. The number of methoxy groups -OCH3 is 1. The third-order valence-electron chi connectivity index (χ3n) is 3.22. The first-order chi connectivity index (χ1) is 10.3. The first kappa shape index (κ1) is 13.2. The van der Waals surface area contributed by atoms with Crippen LogP contribution in [-0.2, 0) is 11.2 Å². The second kappa shape index (κ2) is 5.66. The van der Waals surface area contributed by atoms with Gasteiger partial charge in [-0.1, -0.05) is 18.2 Å². The second-order valence-electron chi connectivity index (χ2n) is 4.65. The third kappa shape index (κ3) is 2.86. The van der Waals surface area contributed by atoms with Crippen LogP contribution in [0.25, 0.3) is 5.65 Å². The van der Waals surface area contributed by atoms with E-state index in [1.807, 2.05) is 53.2 Å². The van der Waals surface area contributed by atoms with Gasteiger partial charge in [0.25, 0.3) is 0 Å². The van der Waals surface area contributed by atoms with Crippen molar-refractivity contribution >= 4 is 17.2 Å². The van der Waals surface area contributed by atoms with Gasteiger partial charge in [0.15, 0.2) is 0 Å². The number of nitrogens with one attached hydrogen (secondary N) is 1. The van der Waals surface area contributed by atoms with Crippen LogP contribution >= 0.6 is 0 Å². The maximum absolute atomic E-state index is 12.1. The predicted octanol–water partition coefficient (Wildman–Crippen LogP) is 2.52. The summed E-state index contributed by atoms with van der Waals surface area (Å²) in [6, 6.07) is 11.2. The number of amides is 1. The SMILES string of the molecule is COc1ccccc1CC(=O)Nc1ccc2nccn2c1. The summed E-state index contributed by atoms with van der Waals surface area (Å²) in [7, 11) is 1.60. The number of nitrogens with zero attached hydrogens (tertiary/aromatic N) is 2. The molecule has 1 amide bonds. The summed E-state index contributed by atoms with van der Waals surface area (Å²) >= 11 is 0. The average molecular weight is 281 g/mol. The number of aromatic nitrogens is 2. The summed E-state index contributed by atoms with van der Waals surface area (Å²) in [4.78, 5) is 16.3. The number of para-hydroxylation sites is 1. The van der Waals surface area contributed by atoms with E-state index in [2.05, 4.69) is 10.3 Å². The Balaban J connectivity index is 1.73. The van der Waals surface area contributed by atoms with E-state index in [9.17, 15) is 4.79 Å². The second-order valence-corrected chi connectivity index (χ2v) is 4.65. The van der Waals surface area contributed by atoms with Crippen LogP contribution in [0.3, 0.4) is 0 Å². The average Bonchev–Trinajstić information content (AvgIpc) is 2.95. The molecule has 0 spiro atoms. The number of imidazole rings is 1. The topological polar surface area (TPSA) is 55.6 Å². The normalized spacial score (nSPS) is 10.5. The third-order valence-corrected chi connectivity index (χ3v) is 3.22. The molecule has 0 aliphatic heterocycles. The zero-order valence-electron chi connectivity index (χ0n) is 11.6. The molecule has 0 unspecified atom stereocenters. The largest absolute Gasteiger partial charge is 0.496 e. The zero-order chi connectivity index (χ0) is 14.7. The Labute approximate surface area is 122 Å². The fourth-order valence-electron chi connectivity index (χ4n) is 2.22. The molecule has 0 fully saturated rings. The summed E-state index contributed by atoms with van der Waals surface area (Å²) in [6.07, 6.45) is 5.66. The van der Waals surface area contributed by atoms with E-state index in [-0.39, 0.29) is 12.3 Å². The van der Waals surface area contributed by atoms with Crippen LogP contribution in [0, 0.1) is 0 Å². The number of carbonyl (C=O) groups excluding carboxylic acids is 1. The molecule has 5 heteroatoms. The van der Waals surface area contributed by atoms with Crippen LogP contribution in [0.4, 0.5) is 5.69 Å². The minimum Gasteiger partial charge on any atom is -0.496 e. The van der Waals surface area contributed by atoms with Crippen molar-refractivity contribution in [2.45, 2.75) is 6.42 Å². The Morgan fingerprint density at radius 3 is 3.00 bits per heavy atom. The predicted molar refractivity (Wildman–Crippen MR) is 80.5 cm³/mol. The van der Waals surface area contributed by atoms with Crippen molar-refractivity contribution in [1.29, 1.82) is 0 Å². The molecule has 0 aliphatic carbocycles. The van der Waals surface area contributed by atoms with E-state index in [1.54, 1.807) is 13.3 Å². The highest BCUT2D eigenvalue weighted by molar-refractivity contribution is 5.92. The monoisotopic (exact) mass is 281 g/mol. The Kier molecular flexibility index (Phi) is 3.55. The van der Waals surface area contributed by atoms with Gasteiger partial charge in [-0.2, -0.15) is 0 Å². The summed E-state index contributed by atoms with van der Waals surface area (Å²) in [6.45, 7) is 0. The number of carbonyl (C=O) groups is 1. The Morgan fingerprint density at radius 1 is 1.29 bits per heavy atom. The van der Waals surface area contributed by atoms with Crippen molar-refractivity contribution in [2.24, 2.45) is 0 Å². The maximum Gasteiger partial charge on any atom is 0.228 e. The summed E-state index contributed by atoms with van der Waals surface area (Å²) in [5.41, 5.74) is 2.44. The van der Waals surface area contributed by atoms with Gasteiger partial charge in [-0.15, -0.1) is 0 Å². The molecule has 0 aliphatic rings. The smallest absolute Gasteiger partial charge is 0.228 e. The molecule has 0 saturated carbocycles. The molecule has 1 aromatic carbocycles. The van der Waals surface area contributed by atoms with Crippen molar-refractivity contribution in [3.05, 3.63) is 60.6 Å². The number of benzene rings is 1. The molecular weight excluding hydrogens is 266 g/mol. The highest BCUT2D eigenvalue weighted by Crippen LogP contribution is 2.18. The quantitative estimate of drug-likeness (QED) is 0.799. The lowest BCUT2D eigenvalue weighted by Crippen LogP contribution is -2.15. The lowest BCUT2D eigenvalue weighted by molar-refractivity contribution is -0.115. The maximum atomic E-state index is 12.1. The Bertz CT molecular complexity index is 780. The van der Waals surface area contributed by atoms with Gasteiger partial charge in [-0.3, -0.25) is 4.79 Å². The van der Waals surface area contributed by atoms with E-state index in [4.69, 9.17) is 4.74 Å². The van der Waals surface area contributed by atoms with Crippen molar-refractivity contribution in [3.8, 4) is 5.75 Å². The van der Waals surface area contributed by atoms with Crippen LogP contribution in [0.2, 0.25) is 0 Å². The molecule has 0 saturated heterocycles. The number of hydrogen-bond donors (Lipinski definition) is 1. The first-order valence-electron chi connectivity index (χ1n) is 6.61. The Hall–Kier alpha value is -2.82. The molecule has 21 heavy (non-hydrogen) atoms. The molecule has 0 atom stereocenters. The molecule has 1 N–H and O–H groups in total. The number of ether oxygens (including phenoxy) is 1. The molecule has 0 radical (unpaired) electrons. The van der Waals surface area contributed by atoms with Gasteiger partial charge in [0.1, 0.15) is 11.4 Å². The molecule has 2 heterocycles. The fraction of sp³-hybridized carbons (Fsp3) is 0.125. The Morgan fingerprint density at radius 2 is 2.14 bits per heavy atom. The van der Waals surface area contributed by atoms with Gasteiger partial charge in [0, 0.05) is 24.2 Å². The van der Waals surface area contributed by atoms with E-state index in [1.165, 1.54) is 0 Å². The van der Waals surface area contributed by atoms with E-state index < -0.39 is 0 Å². The van der Waals surface area contributed by atoms with Gasteiger partial charge < -0.3 is 14.5 Å². The lowest BCUT2D eigenvalue weighted by Gasteiger charge is -2.09. The molecule has 3 rings (SSSR count). The van der Waals surface area contributed by atoms with Crippen LogP contribution in [0.1, 0.15) is 5.56 Å². The molecule has 3 aromatic rings. The van der Waals surface area contributed by atoms with Crippen LogP contribution in [0.15, 0.2) is 55.0 Å². The standard InChI is InChI=1S/C16H15N3O2/c1-21-14-5-3-2-4-12(14)10-16(20)18-13-6-7-15-17-8-9-19(15)11-13/h2-9,11H,10H2,1H3,(H,18,20). The summed E-state index contributed by atoms with van der Waals surface area (Å²) in [5, 5.41) is 2.88. The minimum atomic E-state index is -0.0843. The van der Waals surface area contributed by atoms with Gasteiger partial charge in [0.05, 0.1) is 19.2 Å². The van der Waals surface area contributed by atoms with E-state index in [0.29, 0.717) is 0 Å². The molecule has 2 aromatic heterocycles. The molecule has 106 valence electrons. The van der Waals surface area contributed by atoms with Crippen molar-refractivity contribution in [3.63, 3.8) is 0 Å². The van der Waals surface area contributed by atoms with Crippen molar-refractivity contribution < 1.29 is 9.53 Å². The summed E-state index contributed by atoms with van der Waals surface area (Å²) < 4.78 is 7.11. The first-order valence-corrected chi connectivity index (χ1v) is 6.61. The van der Waals surface area contributed by atoms with Crippen LogP contribution in [-0.4, -0.2) is 22.4 Å². The lowest BCUT2D eigenvalue weighted by atomic mass is 10.1. The highest BCUT2D eigenvalue weighted by atomic mass is 16.5. The van der Waals surface area contributed by atoms with Crippen LogP contribution < -0.4 is 10.1 Å².